The Kier molecular flexibility index (Phi) is 3.68. The molecule has 1 unspecified atom stereocenters. The fourth-order valence-electron chi connectivity index (χ4n) is 2.30. The summed E-state index contributed by atoms with van der Waals surface area (Å²) in [5.74, 6) is 0. The molecule has 2 aromatic carbocycles. The van der Waals surface area contributed by atoms with Gasteiger partial charge in [0.1, 0.15) is 0 Å². The second kappa shape index (κ2) is 5.61. The molecule has 0 aliphatic carbocycles. The van der Waals surface area contributed by atoms with Gasteiger partial charge in [-0.15, -0.1) is 0 Å². The highest BCUT2D eigenvalue weighted by atomic mass is 35.5. The topological polar surface area (TPSA) is 33.1 Å². The van der Waals surface area contributed by atoms with Gasteiger partial charge in [-0.3, -0.25) is 4.98 Å². The second-order valence-corrected chi connectivity index (χ2v) is 5.24. The van der Waals surface area contributed by atoms with Crippen LogP contribution in [-0.2, 0) is 6.42 Å². The summed E-state index contributed by atoms with van der Waals surface area (Å²) in [6.07, 6.45) is 1.74. The molecule has 0 radical (unpaired) electrons. The molecule has 1 N–H and O–H groups in total. The average Bonchev–Trinajstić information content (AvgIpc) is 2.47. The van der Waals surface area contributed by atoms with Gasteiger partial charge in [-0.05, 0) is 35.4 Å². The van der Waals surface area contributed by atoms with Crippen molar-refractivity contribution in [3.05, 3.63) is 76.9 Å². The first kappa shape index (κ1) is 13.1. The van der Waals surface area contributed by atoms with E-state index in [1.54, 1.807) is 6.20 Å². The van der Waals surface area contributed by atoms with E-state index in [1.807, 2.05) is 54.6 Å². The van der Waals surface area contributed by atoms with E-state index < -0.39 is 6.10 Å². The van der Waals surface area contributed by atoms with Gasteiger partial charge >= 0.3 is 0 Å². The fraction of sp³-hybridized carbons (Fsp3) is 0.118. The summed E-state index contributed by atoms with van der Waals surface area (Å²) in [5, 5.41) is 12.1. The van der Waals surface area contributed by atoms with E-state index in [9.17, 15) is 5.11 Å². The number of hydrogen-bond acceptors (Lipinski definition) is 2. The molecule has 0 saturated carbocycles. The zero-order valence-electron chi connectivity index (χ0n) is 10.8. The standard InChI is InChI=1S/C17H14ClNO/c18-15-5-1-3-12(9-15)10-17(20)14-7-6-13-4-2-8-19-16(13)11-14/h1-9,11,17,20H,10H2. The average molecular weight is 284 g/mol. The van der Waals surface area contributed by atoms with Gasteiger partial charge in [-0.25, -0.2) is 0 Å². The molecule has 0 fully saturated rings. The van der Waals surface area contributed by atoms with Gasteiger partial charge in [0, 0.05) is 23.0 Å². The SMILES string of the molecule is OC(Cc1cccc(Cl)c1)c1ccc2cccnc2c1. The number of pyridine rings is 1. The summed E-state index contributed by atoms with van der Waals surface area (Å²) in [6.45, 7) is 0. The largest absolute Gasteiger partial charge is 0.388 e. The Balaban J connectivity index is 1.86. The first-order valence-corrected chi connectivity index (χ1v) is 6.87. The van der Waals surface area contributed by atoms with Crippen LogP contribution in [0.2, 0.25) is 5.02 Å². The number of rotatable bonds is 3. The monoisotopic (exact) mass is 283 g/mol. The molecule has 0 spiro atoms. The minimum Gasteiger partial charge on any atom is -0.388 e. The zero-order chi connectivity index (χ0) is 13.9. The van der Waals surface area contributed by atoms with Crippen molar-refractivity contribution < 1.29 is 5.11 Å². The predicted molar refractivity (Wildman–Crippen MR) is 81.9 cm³/mol. The Morgan fingerprint density at radius 2 is 1.95 bits per heavy atom. The third kappa shape index (κ3) is 2.82. The lowest BCUT2D eigenvalue weighted by molar-refractivity contribution is 0.178. The number of aliphatic hydroxyl groups is 1. The van der Waals surface area contributed by atoms with Crippen LogP contribution in [0.15, 0.2) is 60.8 Å². The summed E-state index contributed by atoms with van der Waals surface area (Å²) >= 11 is 5.96. The van der Waals surface area contributed by atoms with Gasteiger partial charge in [0.05, 0.1) is 11.6 Å². The zero-order valence-corrected chi connectivity index (χ0v) is 11.6. The van der Waals surface area contributed by atoms with Crippen molar-refractivity contribution in [1.29, 1.82) is 0 Å². The highest BCUT2D eigenvalue weighted by Gasteiger charge is 2.10. The summed E-state index contributed by atoms with van der Waals surface area (Å²) in [7, 11) is 0. The van der Waals surface area contributed by atoms with E-state index in [0.717, 1.165) is 22.0 Å². The molecule has 3 heteroatoms. The van der Waals surface area contributed by atoms with Gasteiger partial charge < -0.3 is 5.11 Å². The van der Waals surface area contributed by atoms with Crippen molar-refractivity contribution in [2.75, 3.05) is 0 Å². The maximum absolute atomic E-state index is 10.4. The van der Waals surface area contributed by atoms with Crippen molar-refractivity contribution in [1.82, 2.24) is 4.98 Å². The molecular weight excluding hydrogens is 270 g/mol. The van der Waals surface area contributed by atoms with Crippen molar-refractivity contribution in [2.45, 2.75) is 12.5 Å². The lowest BCUT2D eigenvalue weighted by atomic mass is 10.0. The maximum Gasteiger partial charge on any atom is 0.0831 e. The van der Waals surface area contributed by atoms with E-state index >= 15 is 0 Å². The van der Waals surface area contributed by atoms with E-state index in [2.05, 4.69) is 4.98 Å². The second-order valence-electron chi connectivity index (χ2n) is 4.81. The molecule has 0 amide bonds. The molecule has 1 heterocycles. The van der Waals surface area contributed by atoms with Gasteiger partial charge in [0.2, 0.25) is 0 Å². The summed E-state index contributed by atoms with van der Waals surface area (Å²) in [4.78, 5) is 4.31. The van der Waals surface area contributed by atoms with E-state index in [1.165, 1.54) is 0 Å². The number of nitrogens with zero attached hydrogens (tertiary/aromatic N) is 1. The van der Waals surface area contributed by atoms with E-state index in [0.29, 0.717) is 11.4 Å². The first-order valence-electron chi connectivity index (χ1n) is 6.49. The molecule has 0 aliphatic heterocycles. The van der Waals surface area contributed by atoms with Crippen LogP contribution < -0.4 is 0 Å². The summed E-state index contributed by atoms with van der Waals surface area (Å²) in [5.41, 5.74) is 2.79. The van der Waals surface area contributed by atoms with E-state index in [4.69, 9.17) is 11.6 Å². The Morgan fingerprint density at radius 3 is 2.80 bits per heavy atom. The lowest BCUT2D eigenvalue weighted by Crippen LogP contribution is -2.02. The number of halogens is 1. The molecule has 0 aliphatic rings. The molecule has 0 saturated heterocycles. The minimum atomic E-state index is -0.556. The van der Waals surface area contributed by atoms with Crippen molar-refractivity contribution in [3.8, 4) is 0 Å². The van der Waals surface area contributed by atoms with Gasteiger partial charge in [0.15, 0.2) is 0 Å². The molecule has 20 heavy (non-hydrogen) atoms. The van der Waals surface area contributed by atoms with Gasteiger partial charge in [-0.2, -0.15) is 0 Å². The van der Waals surface area contributed by atoms with E-state index in [-0.39, 0.29) is 0 Å². The Hall–Kier alpha value is -1.90. The number of hydrogen-bond donors (Lipinski definition) is 1. The Labute approximate surface area is 122 Å². The number of benzene rings is 2. The normalized spacial score (nSPS) is 12.5. The Morgan fingerprint density at radius 1 is 1.05 bits per heavy atom. The van der Waals surface area contributed by atoms with Crippen LogP contribution in [0.5, 0.6) is 0 Å². The third-order valence-corrected chi connectivity index (χ3v) is 3.57. The molecule has 0 bridgehead atoms. The summed E-state index contributed by atoms with van der Waals surface area (Å²) < 4.78 is 0. The van der Waals surface area contributed by atoms with Crippen LogP contribution in [-0.4, -0.2) is 10.1 Å². The molecule has 3 aromatic rings. The van der Waals surface area contributed by atoms with Crippen molar-refractivity contribution in [3.63, 3.8) is 0 Å². The highest BCUT2D eigenvalue weighted by Crippen LogP contribution is 2.23. The van der Waals surface area contributed by atoms with Crippen molar-refractivity contribution >= 4 is 22.5 Å². The quantitative estimate of drug-likeness (QED) is 0.783. The molecule has 100 valence electrons. The maximum atomic E-state index is 10.4. The molecule has 1 aromatic heterocycles. The van der Waals surface area contributed by atoms with Crippen LogP contribution in [0.3, 0.4) is 0 Å². The number of fused-ring (bicyclic) bond motifs is 1. The molecule has 3 rings (SSSR count). The Bertz CT molecular complexity index is 742. The smallest absolute Gasteiger partial charge is 0.0831 e. The van der Waals surface area contributed by atoms with Gasteiger partial charge in [-0.1, -0.05) is 41.9 Å². The van der Waals surface area contributed by atoms with Gasteiger partial charge in [0.25, 0.3) is 0 Å². The predicted octanol–water partition coefficient (Wildman–Crippen LogP) is 4.16. The summed E-state index contributed by atoms with van der Waals surface area (Å²) in [6, 6.07) is 17.4. The van der Waals surface area contributed by atoms with Crippen LogP contribution in [0.25, 0.3) is 10.9 Å². The van der Waals surface area contributed by atoms with Crippen LogP contribution in [0, 0.1) is 0 Å². The number of aliphatic hydroxyl groups excluding tert-OH is 1. The fourth-order valence-corrected chi connectivity index (χ4v) is 2.51. The van der Waals surface area contributed by atoms with Crippen LogP contribution >= 0.6 is 11.6 Å². The van der Waals surface area contributed by atoms with Crippen LogP contribution in [0.4, 0.5) is 0 Å². The lowest BCUT2D eigenvalue weighted by Gasteiger charge is -2.12. The molecule has 1 atom stereocenters. The molecule has 2 nitrogen and oxygen atoms in total. The first-order chi connectivity index (χ1) is 9.72. The third-order valence-electron chi connectivity index (χ3n) is 3.33. The number of aromatic nitrogens is 1. The van der Waals surface area contributed by atoms with Crippen molar-refractivity contribution in [2.24, 2.45) is 0 Å². The minimum absolute atomic E-state index is 0.541. The molecular formula is C17H14ClNO. The van der Waals surface area contributed by atoms with Crippen LogP contribution in [0.1, 0.15) is 17.2 Å². The highest BCUT2D eigenvalue weighted by molar-refractivity contribution is 6.30.